The Balaban J connectivity index is 1.41. The minimum atomic E-state index is -0.984. The topological polar surface area (TPSA) is 88.5 Å². The van der Waals surface area contributed by atoms with Crippen molar-refractivity contribution in [1.29, 1.82) is 0 Å². The van der Waals surface area contributed by atoms with Gasteiger partial charge in [-0.05, 0) is 60.5 Å². The van der Waals surface area contributed by atoms with Crippen LogP contribution in [0.15, 0.2) is 72.8 Å². The third kappa shape index (κ3) is 4.79. The van der Waals surface area contributed by atoms with Gasteiger partial charge in [0.05, 0.1) is 31.1 Å². The first kappa shape index (κ1) is 25.6. The lowest BCUT2D eigenvalue weighted by Crippen LogP contribution is -2.37. The Morgan fingerprint density at radius 3 is 2.37 bits per heavy atom. The number of amides is 2. The molecule has 8 nitrogen and oxygen atoms in total. The lowest BCUT2D eigenvalue weighted by Gasteiger charge is -2.29. The third-order valence-corrected chi connectivity index (χ3v) is 7.03. The maximum atomic E-state index is 13.8. The number of para-hydroxylation sites is 1. The number of ether oxygens (including phenoxy) is 2. The van der Waals surface area contributed by atoms with Crippen LogP contribution < -0.4 is 19.4 Å². The summed E-state index contributed by atoms with van der Waals surface area (Å²) in [5.74, 6) is -0.582. The number of hydroxylamine groups is 1. The van der Waals surface area contributed by atoms with E-state index in [2.05, 4.69) is 6.92 Å². The van der Waals surface area contributed by atoms with E-state index in [4.69, 9.17) is 14.3 Å². The molecule has 2 fully saturated rings. The molecule has 38 heavy (non-hydrogen) atoms. The molecular formula is C30H32N2O6. The molecule has 3 unspecified atom stereocenters. The first-order valence-corrected chi connectivity index (χ1v) is 13.0. The Hall–Kier alpha value is -4.04. The number of carbonyl (C=O) groups is 2. The molecule has 0 aliphatic carbocycles. The van der Waals surface area contributed by atoms with E-state index in [0.29, 0.717) is 29.3 Å². The second kappa shape index (κ2) is 11.1. The standard InChI is InChI=1S/C30H32N2O6/c1-3-4-5-9-18-37-23-15-13-21(14-16-23)31-29(34)26-27(20-12-17-24(33)25(19-20)36-2)32(38-28(26)30(31)35)22-10-7-6-8-11-22/h6-8,10-17,19,26-28,33H,3-5,9,18H2,1-2H3. The zero-order valence-electron chi connectivity index (χ0n) is 21.6. The zero-order chi connectivity index (χ0) is 26.6. The van der Waals surface area contributed by atoms with Gasteiger partial charge in [-0.25, -0.2) is 9.96 Å². The Kier molecular flexibility index (Phi) is 7.51. The molecule has 3 atom stereocenters. The van der Waals surface area contributed by atoms with Crippen molar-refractivity contribution < 1.29 is 29.0 Å². The molecule has 0 radical (unpaired) electrons. The molecule has 3 aromatic rings. The van der Waals surface area contributed by atoms with Crippen molar-refractivity contribution in [3.8, 4) is 17.2 Å². The van der Waals surface area contributed by atoms with E-state index in [9.17, 15) is 14.7 Å². The molecule has 2 saturated heterocycles. The second-order valence-electron chi connectivity index (χ2n) is 9.50. The SMILES string of the molecule is CCCCCCOc1ccc(N2C(=O)C3ON(c4ccccc4)C(c4ccc(O)c(OC)c4)C3C2=O)cc1. The summed E-state index contributed by atoms with van der Waals surface area (Å²) in [5, 5.41) is 11.8. The van der Waals surface area contributed by atoms with Gasteiger partial charge in [0.25, 0.3) is 5.91 Å². The van der Waals surface area contributed by atoms with Crippen molar-refractivity contribution in [3.63, 3.8) is 0 Å². The number of fused-ring (bicyclic) bond motifs is 1. The van der Waals surface area contributed by atoms with Crippen molar-refractivity contribution in [3.05, 3.63) is 78.4 Å². The Labute approximate surface area is 222 Å². The molecule has 2 amide bonds. The number of anilines is 2. The normalized spacial score (nSPS) is 20.6. The molecule has 198 valence electrons. The number of unbranched alkanes of at least 4 members (excludes halogenated alkanes) is 3. The number of benzene rings is 3. The Morgan fingerprint density at radius 1 is 0.895 bits per heavy atom. The predicted molar refractivity (Wildman–Crippen MR) is 143 cm³/mol. The van der Waals surface area contributed by atoms with Crippen LogP contribution in [0.4, 0.5) is 11.4 Å². The van der Waals surface area contributed by atoms with Gasteiger partial charge < -0.3 is 14.6 Å². The predicted octanol–water partition coefficient (Wildman–Crippen LogP) is 5.41. The summed E-state index contributed by atoms with van der Waals surface area (Å²) in [6, 6.07) is 20.7. The van der Waals surface area contributed by atoms with Gasteiger partial charge in [-0.2, -0.15) is 0 Å². The minimum absolute atomic E-state index is 0.0129. The first-order valence-electron chi connectivity index (χ1n) is 13.0. The number of aromatic hydroxyl groups is 1. The highest BCUT2D eigenvalue weighted by atomic mass is 16.7. The van der Waals surface area contributed by atoms with Gasteiger partial charge in [-0.1, -0.05) is 50.5 Å². The van der Waals surface area contributed by atoms with E-state index >= 15 is 0 Å². The summed E-state index contributed by atoms with van der Waals surface area (Å²) in [4.78, 5) is 34.7. The number of phenolic OH excluding ortho intramolecular Hbond substituents is 1. The lowest BCUT2D eigenvalue weighted by atomic mass is 9.90. The quantitative estimate of drug-likeness (QED) is 0.285. The van der Waals surface area contributed by atoms with Crippen LogP contribution in [-0.4, -0.2) is 36.7 Å². The molecule has 2 heterocycles. The highest BCUT2D eigenvalue weighted by Crippen LogP contribution is 2.48. The van der Waals surface area contributed by atoms with E-state index in [1.807, 2.05) is 30.3 Å². The molecule has 0 saturated carbocycles. The number of methoxy groups -OCH3 is 1. The molecule has 0 spiro atoms. The van der Waals surface area contributed by atoms with Crippen molar-refractivity contribution in [2.24, 2.45) is 5.92 Å². The van der Waals surface area contributed by atoms with Crippen LogP contribution in [0.5, 0.6) is 17.2 Å². The molecule has 0 bridgehead atoms. The van der Waals surface area contributed by atoms with E-state index < -0.39 is 24.0 Å². The summed E-state index contributed by atoms with van der Waals surface area (Å²) in [7, 11) is 1.46. The molecule has 0 aromatic heterocycles. The third-order valence-electron chi connectivity index (χ3n) is 7.03. The lowest BCUT2D eigenvalue weighted by molar-refractivity contribution is -0.126. The molecule has 1 N–H and O–H groups in total. The van der Waals surface area contributed by atoms with Crippen LogP contribution in [0, 0.1) is 5.92 Å². The summed E-state index contributed by atoms with van der Waals surface area (Å²) in [6.45, 7) is 2.80. The Morgan fingerprint density at radius 2 is 1.66 bits per heavy atom. The summed E-state index contributed by atoms with van der Waals surface area (Å²) >= 11 is 0. The van der Waals surface area contributed by atoms with E-state index in [1.54, 1.807) is 41.5 Å². The van der Waals surface area contributed by atoms with Crippen LogP contribution in [0.25, 0.3) is 0 Å². The molecule has 5 rings (SSSR count). The molecule has 2 aliphatic rings. The van der Waals surface area contributed by atoms with Gasteiger partial charge in [0.15, 0.2) is 17.6 Å². The fraction of sp³-hybridized carbons (Fsp3) is 0.333. The van der Waals surface area contributed by atoms with Gasteiger partial charge in [-0.3, -0.25) is 14.4 Å². The van der Waals surface area contributed by atoms with Gasteiger partial charge in [0, 0.05) is 0 Å². The van der Waals surface area contributed by atoms with Crippen molar-refractivity contribution >= 4 is 23.2 Å². The molecular weight excluding hydrogens is 484 g/mol. The molecule has 2 aliphatic heterocycles. The largest absolute Gasteiger partial charge is 0.504 e. The van der Waals surface area contributed by atoms with Crippen LogP contribution in [0.1, 0.15) is 44.2 Å². The fourth-order valence-electron chi connectivity index (χ4n) is 5.10. The fourth-order valence-corrected chi connectivity index (χ4v) is 5.10. The smallest absolute Gasteiger partial charge is 0.266 e. The van der Waals surface area contributed by atoms with Crippen molar-refractivity contribution in [1.82, 2.24) is 0 Å². The van der Waals surface area contributed by atoms with Crippen molar-refractivity contribution in [2.75, 3.05) is 23.7 Å². The molecule has 8 heteroatoms. The van der Waals surface area contributed by atoms with E-state index in [-0.39, 0.29) is 17.4 Å². The summed E-state index contributed by atoms with van der Waals surface area (Å²) in [6.07, 6.45) is 3.48. The number of phenols is 1. The highest BCUT2D eigenvalue weighted by Gasteiger charge is 2.60. The van der Waals surface area contributed by atoms with Gasteiger partial charge in [0.1, 0.15) is 11.7 Å². The maximum Gasteiger partial charge on any atom is 0.266 e. The van der Waals surface area contributed by atoms with E-state index in [0.717, 1.165) is 12.8 Å². The van der Waals surface area contributed by atoms with Gasteiger partial charge in [0.2, 0.25) is 5.91 Å². The van der Waals surface area contributed by atoms with Crippen LogP contribution in [0.2, 0.25) is 0 Å². The van der Waals surface area contributed by atoms with Gasteiger partial charge in [-0.15, -0.1) is 0 Å². The average Bonchev–Trinajstić information content (AvgIpc) is 3.45. The summed E-state index contributed by atoms with van der Waals surface area (Å²) < 4.78 is 11.1. The average molecular weight is 517 g/mol. The van der Waals surface area contributed by atoms with E-state index in [1.165, 1.54) is 30.9 Å². The number of carbonyl (C=O) groups excluding carboxylic acids is 2. The Bertz CT molecular complexity index is 1280. The summed E-state index contributed by atoms with van der Waals surface area (Å²) in [5.41, 5.74) is 1.88. The number of nitrogens with zero attached hydrogens (tertiary/aromatic N) is 2. The van der Waals surface area contributed by atoms with Gasteiger partial charge >= 0.3 is 0 Å². The first-order chi connectivity index (χ1) is 18.5. The monoisotopic (exact) mass is 516 g/mol. The minimum Gasteiger partial charge on any atom is -0.504 e. The number of imide groups is 1. The zero-order valence-corrected chi connectivity index (χ0v) is 21.6. The van der Waals surface area contributed by atoms with Crippen molar-refractivity contribution in [2.45, 2.75) is 44.8 Å². The second-order valence-corrected chi connectivity index (χ2v) is 9.50. The number of hydrogen-bond donors (Lipinski definition) is 1. The number of hydrogen-bond acceptors (Lipinski definition) is 7. The maximum absolute atomic E-state index is 13.8. The number of rotatable bonds is 10. The highest BCUT2D eigenvalue weighted by molar-refractivity contribution is 6.23. The van der Waals surface area contributed by atoms with Crippen LogP contribution in [-0.2, 0) is 14.4 Å². The van der Waals surface area contributed by atoms with Crippen LogP contribution in [0.3, 0.4) is 0 Å². The van der Waals surface area contributed by atoms with Crippen LogP contribution >= 0.6 is 0 Å². The molecule has 3 aromatic carbocycles.